The van der Waals surface area contributed by atoms with Crippen LogP contribution in [0.25, 0.3) is 16.8 Å². The number of Topliss-reactive ketones (excluding diaryl/α,β-unsaturated/α-hetero) is 1. The van der Waals surface area contributed by atoms with E-state index >= 15 is 0 Å². The lowest BCUT2D eigenvalue weighted by Crippen LogP contribution is -2.30. The van der Waals surface area contributed by atoms with Gasteiger partial charge in [0.15, 0.2) is 0 Å². The lowest BCUT2D eigenvalue weighted by molar-refractivity contribution is -0.132. The van der Waals surface area contributed by atoms with E-state index in [1.165, 1.54) is 4.90 Å². The number of benzene rings is 2. The predicted octanol–water partition coefficient (Wildman–Crippen LogP) is 5.70. The van der Waals surface area contributed by atoms with Crippen molar-refractivity contribution in [2.45, 2.75) is 46.1 Å². The summed E-state index contributed by atoms with van der Waals surface area (Å²) in [5.74, 6) is -0.595. The summed E-state index contributed by atoms with van der Waals surface area (Å²) < 4.78 is 5.88. The summed E-state index contributed by atoms with van der Waals surface area (Å²) in [6, 6.07) is 15.7. The number of aliphatic hydroxyl groups excluding tert-OH is 1. The summed E-state index contributed by atoms with van der Waals surface area (Å²) in [4.78, 5) is 35.7. The number of hydrogen-bond donors (Lipinski definition) is 2. The Morgan fingerprint density at radius 1 is 1.06 bits per heavy atom. The standard InChI is InChI=1S/C28H27N3O4/c1-15-10-12-17(28(3,4)5)14-18(15)24(32)22-23(21-13-11-16(2)35-21)31(26(34)25(22)33)27-29-19-8-6-7-9-20(19)30-27/h6-14,23,32H,1-5H3,(H,29,30)/b24-22+. The molecule has 0 saturated carbocycles. The van der Waals surface area contributed by atoms with Crippen LogP contribution in [-0.2, 0) is 15.0 Å². The number of carbonyl (C=O) groups is 2. The summed E-state index contributed by atoms with van der Waals surface area (Å²) in [6.07, 6.45) is 0. The third-order valence-electron chi connectivity index (χ3n) is 6.44. The summed E-state index contributed by atoms with van der Waals surface area (Å²) in [6.45, 7) is 9.88. The molecule has 2 N–H and O–H groups in total. The van der Waals surface area contributed by atoms with Crippen LogP contribution in [0.3, 0.4) is 0 Å². The van der Waals surface area contributed by atoms with Crippen LogP contribution in [0.5, 0.6) is 0 Å². The van der Waals surface area contributed by atoms with Gasteiger partial charge in [-0.1, -0.05) is 45.0 Å². The van der Waals surface area contributed by atoms with Crippen LogP contribution in [-0.4, -0.2) is 26.8 Å². The van der Waals surface area contributed by atoms with E-state index in [1.807, 2.05) is 49.4 Å². The molecule has 0 bridgehead atoms. The van der Waals surface area contributed by atoms with Crippen molar-refractivity contribution in [3.05, 3.63) is 88.4 Å². The van der Waals surface area contributed by atoms with Gasteiger partial charge < -0.3 is 14.5 Å². The van der Waals surface area contributed by atoms with E-state index in [0.29, 0.717) is 22.6 Å². The molecule has 7 nitrogen and oxygen atoms in total. The third-order valence-corrected chi connectivity index (χ3v) is 6.44. The van der Waals surface area contributed by atoms with Crippen LogP contribution >= 0.6 is 0 Å². The monoisotopic (exact) mass is 469 g/mol. The van der Waals surface area contributed by atoms with Crippen LogP contribution in [0, 0.1) is 13.8 Å². The Labute approximate surface area is 203 Å². The number of rotatable bonds is 3. The van der Waals surface area contributed by atoms with E-state index in [4.69, 9.17) is 4.42 Å². The quantitative estimate of drug-likeness (QED) is 0.228. The molecule has 7 heteroatoms. The lowest BCUT2D eigenvalue weighted by atomic mass is 9.84. The number of nitrogens with zero attached hydrogens (tertiary/aromatic N) is 2. The number of ketones is 1. The average molecular weight is 470 g/mol. The maximum absolute atomic E-state index is 13.4. The average Bonchev–Trinajstić information content (AvgIpc) is 3.49. The molecule has 1 amide bonds. The van der Waals surface area contributed by atoms with Crippen molar-refractivity contribution < 1.29 is 19.1 Å². The van der Waals surface area contributed by atoms with Gasteiger partial charge in [-0.2, -0.15) is 0 Å². The number of nitrogens with one attached hydrogen (secondary N) is 1. The first kappa shape index (κ1) is 22.7. The Bertz CT molecular complexity index is 1480. The number of amides is 1. The van der Waals surface area contributed by atoms with Crippen molar-refractivity contribution in [2.75, 3.05) is 4.90 Å². The molecule has 1 fully saturated rings. The third kappa shape index (κ3) is 3.73. The van der Waals surface area contributed by atoms with Crippen molar-refractivity contribution in [3.63, 3.8) is 0 Å². The number of hydrogen-bond acceptors (Lipinski definition) is 5. The number of aromatic amines is 1. The zero-order valence-corrected chi connectivity index (χ0v) is 20.3. The van der Waals surface area contributed by atoms with Gasteiger partial charge in [0.1, 0.15) is 23.3 Å². The maximum Gasteiger partial charge on any atom is 0.302 e. The lowest BCUT2D eigenvalue weighted by Gasteiger charge is -2.22. The second-order valence-electron chi connectivity index (χ2n) is 9.97. The van der Waals surface area contributed by atoms with E-state index < -0.39 is 17.7 Å². The summed E-state index contributed by atoms with van der Waals surface area (Å²) in [5.41, 5.74) is 3.49. The van der Waals surface area contributed by atoms with Gasteiger partial charge in [-0.3, -0.25) is 14.5 Å². The van der Waals surface area contributed by atoms with Gasteiger partial charge in [-0.15, -0.1) is 0 Å². The highest BCUT2D eigenvalue weighted by Crippen LogP contribution is 2.43. The summed E-state index contributed by atoms with van der Waals surface area (Å²) in [7, 11) is 0. The van der Waals surface area contributed by atoms with Crippen molar-refractivity contribution in [1.29, 1.82) is 0 Å². The molecule has 2 aromatic carbocycles. The largest absolute Gasteiger partial charge is 0.507 e. The van der Waals surface area contributed by atoms with Gasteiger partial charge in [-0.25, -0.2) is 4.98 Å². The Balaban J connectivity index is 1.74. The second-order valence-corrected chi connectivity index (χ2v) is 9.97. The van der Waals surface area contributed by atoms with Crippen molar-refractivity contribution in [3.8, 4) is 0 Å². The molecule has 0 aliphatic carbocycles. The van der Waals surface area contributed by atoms with Gasteiger partial charge in [-0.05, 0) is 60.7 Å². The first-order valence-electron chi connectivity index (χ1n) is 11.5. The number of imidazole rings is 1. The minimum atomic E-state index is -0.970. The SMILES string of the molecule is Cc1ccc(C2/C(=C(\O)c3cc(C(C)(C)C)ccc3C)C(=O)C(=O)N2c2nc3ccccc3[nH]2)o1. The summed E-state index contributed by atoms with van der Waals surface area (Å²) >= 11 is 0. The zero-order valence-electron chi connectivity index (χ0n) is 20.3. The highest BCUT2D eigenvalue weighted by atomic mass is 16.3. The number of para-hydroxylation sites is 2. The maximum atomic E-state index is 13.4. The smallest absolute Gasteiger partial charge is 0.302 e. The molecule has 1 aliphatic heterocycles. The molecule has 3 heterocycles. The van der Waals surface area contributed by atoms with Crippen LogP contribution < -0.4 is 4.90 Å². The molecule has 0 spiro atoms. The molecule has 4 aromatic rings. The fourth-order valence-electron chi connectivity index (χ4n) is 4.46. The van der Waals surface area contributed by atoms with Crippen LogP contribution in [0.1, 0.15) is 55.0 Å². The van der Waals surface area contributed by atoms with Gasteiger partial charge in [0.05, 0.1) is 16.6 Å². The van der Waals surface area contributed by atoms with E-state index in [0.717, 1.165) is 16.6 Å². The molecule has 178 valence electrons. The van der Waals surface area contributed by atoms with Crippen LogP contribution in [0.2, 0.25) is 0 Å². The number of anilines is 1. The number of aromatic nitrogens is 2. The van der Waals surface area contributed by atoms with E-state index in [9.17, 15) is 14.7 Å². The minimum Gasteiger partial charge on any atom is -0.507 e. The first-order valence-corrected chi connectivity index (χ1v) is 11.5. The molecule has 2 aromatic heterocycles. The Kier molecular flexibility index (Phi) is 5.16. The van der Waals surface area contributed by atoms with E-state index in [2.05, 4.69) is 30.7 Å². The normalized spacial score (nSPS) is 18.1. The topological polar surface area (TPSA) is 99.4 Å². The molecule has 1 atom stereocenters. The van der Waals surface area contributed by atoms with E-state index in [1.54, 1.807) is 19.1 Å². The van der Waals surface area contributed by atoms with Gasteiger partial charge in [0.25, 0.3) is 5.78 Å². The van der Waals surface area contributed by atoms with Crippen molar-refractivity contribution in [2.24, 2.45) is 0 Å². The number of fused-ring (bicyclic) bond motifs is 1. The van der Waals surface area contributed by atoms with Crippen molar-refractivity contribution in [1.82, 2.24) is 9.97 Å². The van der Waals surface area contributed by atoms with Gasteiger partial charge >= 0.3 is 5.91 Å². The fourth-order valence-corrected chi connectivity index (χ4v) is 4.46. The first-order chi connectivity index (χ1) is 16.6. The zero-order chi connectivity index (χ0) is 25.1. The van der Waals surface area contributed by atoms with Crippen LogP contribution in [0.15, 0.2) is 64.6 Å². The molecule has 5 rings (SSSR count). The van der Waals surface area contributed by atoms with E-state index in [-0.39, 0.29) is 22.7 Å². The highest BCUT2D eigenvalue weighted by molar-refractivity contribution is 6.51. The Hall–Kier alpha value is -4.13. The number of carbonyl (C=O) groups excluding carboxylic acids is 2. The molecule has 1 unspecified atom stereocenters. The van der Waals surface area contributed by atoms with Gasteiger partial charge in [0, 0.05) is 5.56 Å². The highest BCUT2D eigenvalue weighted by Gasteiger charge is 2.49. The minimum absolute atomic E-state index is 0.0287. The molecular weight excluding hydrogens is 442 g/mol. The Morgan fingerprint density at radius 3 is 2.46 bits per heavy atom. The predicted molar refractivity (Wildman–Crippen MR) is 134 cm³/mol. The Morgan fingerprint density at radius 2 is 1.80 bits per heavy atom. The molecule has 1 saturated heterocycles. The molecule has 35 heavy (non-hydrogen) atoms. The number of aliphatic hydroxyl groups is 1. The van der Waals surface area contributed by atoms with Gasteiger partial charge in [0.2, 0.25) is 5.95 Å². The molecule has 1 aliphatic rings. The fraction of sp³-hybridized carbons (Fsp3) is 0.250. The number of furan rings is 1. The second kappa shape index (κ2) is 7.98. The molecule has 0 radical (unpaired) electrons. The summed E-state index contributed by atoms with van der Waals surface area (Å²) in [5, 5.41) is 11.5. The molecular formula is C28H27N3O4. The van der Waals surface area contributed by atoms with Crippen LogP contribution in [0.4, 0.5) is 5.95 Å². The number of H-pyrrole nitrogens is 1. The van der Waals surface area contributed by atoms with Crippen molar-refractivity contribution >= 4 is 34.4 Å². The number of aryl methyl sites for hydroxylation is 2.